The van der Waals surface area contributed by atoms with E-state index in [9.17, 15) is 13.2 Å². The Morgan fingerprint density at radius 3 is 2.50 bits per heavy atom. The molecule has 0 radical (unpaired) electrons. The Kier molecular flexibility index (Phi) is 3.07. The highest BCUT2D eigenvalue weighted by Gasteiger charge is 2.35. The predicted octanol–water partition coefficient (Wildman–Crippen LogP) is 2.09. The molecule has 3 nitrogen and oxygen atoms in total. The van der Waals surface area contributed by atoms with Gasteiger partial charge in [0.25, 0.3) is 0 Å². The number of rotatable bonds is 1. The summed E-state index contributed by atoms with van der Waals surface area (Å²) in [6.45, 7) is 1.42. The maximum absolute atomic E-state index is 12.3. The summed E-state index contributed by atoms with van der Waals surface area (Å²) in [6.07, 6.45) is -1.40. The van der Waals surface area contributed by atoms with Crippen molar-refractivity contribution in [3.63, 3.8) is 0 Å². The van der Waals surface area contributed by atoms with Crippen LogP contribution in [0.25, 0.3) is 0 Å². The molecule has 2 heterocycles. The van der Waals surface area contributed by atoms with Crippen LogP contribution in [0.3, 0.4) is 0 Å². The summed E-state index contributed by atoms with van der Waals surface area (Å²) in [6, 6.07) is 0.172. The third kappa shape index (κ3) is 2.46. The minimum absolute atomic E-state index is 0.172. The molecule has 0 saturated carbocycles. The number of nitrogens with zero attached hydrogens (tertiary/aromatic N) is 2. The molecule has 0 atom stereocenters. The van der Waals surface area contributed by atoms with Gasteiger partial charge in [0.05, 0.1) is 6.20 Å². The van der Waals surface area contributed by atoms with E-state index in [2.05, 4.69) is 4.98 Å². The van der Waals surface area contributed by atoms with Crippen LogP contribution in [0.4, 0.5) is 18.2 Å². The second-order valence-electron chi connectivity index (χ2n) is 3.83. The number of nitrogens with two attached hydrogens (primary N) is 1. The van der Waals surface area contributed by atoms with Crippen LogP contribution in [0.15, 0.2) is 6.20 Å². The molecule has 1 fully saturated rings. The summed E-state index contributed by atoms with van der Waals surface area (Å²) in [5.74, 6) is 0. The molecule has 1 saturated heterocycles. The van der Waals surface area contributed by atoms with Crippen LogP contribution in [-0.4, -0.2) is 24.1 Å². The molecule has 0 spiro atoms. The average Bonchev–Trinajstić information content (AvgIpc) is 2.67. The highest BCUT2D eigenvalue weighted by Crippen LogP contribution is 2.36. The summed E-state index contributed by atoms with van der Waals surface area (Å²) in [7, 11) is 0. The lowest BCUT2D eigenvalue weighted by Crippen LogP contribution is -2.39. The molecule has 1 aromatic rings. The van der Waals surface area contributed by atoms with Gasteiger partial charge in [-0.15, -0.1) is 0 Å². The zero-order valence-corrected chi connectivity index (χ0v) is 9.31. The quantitative estimate of drug-likeness (QED) is 0.831. The van der Waals surface area contributed by atoms with Gasteiger partial charge in [-0.25, -0.2) is 4.98 Å². The van der Waals surface area contributed by atoms with Gasteiger partial charge in [-0.1, -0.05) is 11.3 Å². The van der Waals surface area contributed by atoms with Gasteiger partial charge < -0.3 is 10.6 Å². The lowest BCUT2D eigenvalue weighted by molar-refractivity contribution is -0.137. The molecular formula is C9H12F3N3S. The molecule has 1 aliphatic rings. The SMILES string of the molecule is NC1CCN(c2cnc(C(F)(F)F)s2)CC1. The van der Waals surface area contributed by atoms with E-state index in [4.69, 9.17) is 5.73 Å². The lowest BCUT2D eigenvalue weighted by Gasteiger charge is -2.30. The van der Waals surface area contributed by atoms with Crippen molar-refractivity contribution in [1.29, 1.82) is 0 Å². The molecule has 0 unspecified atom stereocenters. The van der Waals surface area contributed by atoms with Crippen molar-refractivity contribution in [2.45, 2.75) is 25.1 Å². The average molecular weight is 251 g/mol. The standard InChI is InChI=1S/C9H12F3N3S/c10-9(11,12)8-14-5-7(16-8)15-3-1-6(13)2-4-15/h5-6H,1-4,13H2. The Hall–Kier alpha value is -0.820. The van der Waals surface area contributed by atoms with Crippen LogP contribution in [0, 0.1) is 0 Å². The second-order valence-corrected chi connectivity index (χ2v) is 4.83. The minimum Gasteiger partial charge on any atom is -0.362 e. The molecule has 0 aromatic carbocycles. The van der Waals surface area contributed by atoms with Crippen molar-refractivity contribution < 1.29 is 13.2 Å². The number of alkyl halides is 3. The van der Waals surface area contributed by atoms with Crippen molar-refractivity contribution in [3.8, 4) is 0 Å². The number of hydrogen-bond donors (Lipinski definition) is 1. The Bertz CT molecular complexity index is 355. The van der Waals surface area contributed by atoms with Crippen LogP contribution < -0.4 is 10.6 Å². The van der Waals surface area contributed by atoms with Gasteiger partial charge in [0.1, 0.15) is 5.00 Å². The third-order valence-electron chi connectivity index (χ3n) is 2.59. The number of hydrogen-bond acceptors (Lipinski definition) is 4. The summed E-state index contributed by atoms with van der Waals surface area (Å²) < 4.78 is 37.0. The van der Waals surface area contributed by atoms with Crippen molar-refractivity contribution in [2.75, 3.05) is 18.0 Å². The van der Waals surface area contributed by atoms with E-state index < -0.39 is 11.2 Å². The van der Waals surface area contributed by atoms with E-state index in [1.807, 2.05) is 4.90 Å². The molecule has 0 bridgehead atoms. The molecule has 2 rings (SSSR count). The molecule has 7 heteroatoms. The minimum atomic E-state index is -4.34. The maximum Gasteiger partial charge on any atom is 0.443 e. The zero-order chi connectivity index (χ0) is 11.8. The highest BCUT2D eigenvalue weighted by molar-refractivity contribution is 7.15. The van der Waals surface area contributed by atoms with Gasteiger partial charge in [0.2, 0.25) is 0 Å². The third-order valence-corrected chi connectivity index (χ3v) is 3.69. The number of thiazole rings is 1. The Labute approximate surface area is 95.1 Å². The normalized spacial score (nSPS) is 19.1. The second kappa shape index (κ2) is 4.21. The van der Waals surface area contributed by atoms with E-state index in [-0.39, 0.29) is 6.04 Å². The van der Waals surface area contributed by atoms with Crippen molar-refractivity contribution in [2.24, 2.45) is 5.73 Å². The highest BCUT2D eigenvalue weighted by atomic mass is 32.1. The van der Waals surface area contributed by atoms with Crippen molar-refractivity contribution in [1.82, 2.24) is 4.98 Å². The number of halogens is 3. The fourth-order valence-corrected chi connectivity index (χ4v) is 2.50. The Morgan fingerprint density at radius 2 is 2.00 bits per heavy atom. The maximum atomic E-state index is 12.3. The van der Waals surface area contributed by atoms with Crippen LogP contribution in [0.2, 0.25) is 0 Å². The van der Waals surface area contributed by atoms with Crippen LogP contribution in [-0.2, 0) is 6.18 Å². The monoisotopic (exact) mass is 251 g/mol. The van der Waals surface area contributed by atoms with Gasteiger partial charge >= 0.3 is 6.18 Å². The number of anilines is 1. The van der Waals surface area contributed by atoms with Crippen molar-refractivity contribution in [3.05, 3.63) is 11.2 Å². The van der Waals surface area contributed by atoms with E-state index in [0.29, 0.717) is 29.4 Å². The fourth-order valence-electron chi connectivity index (χ4n) is 1.66. The molecule has 1 aliphatic heterocycles. The summed E-state index contributed by atoms with van der Waals surface area (Å²) in [5, 5.41) is -0.198. The predicted molar refractivity (Wildman–Crippen MR) is 56.5 cm³/mol. The summed E-state index contributed by atoms with van der Waals surface area (Å²) in [5.41, 5.74) is 5.73. The van der Waals surface area contributed by atoms with Gasteiger partial charge in [-0.3, -0.25) is 0 Å². The van der Waals surface area contributed by atoms with Crippen LogP contribution in [0.1, 0.15) is 17.8 Å². The van der Waals surface area contributed by atoms with Gasteiger partial charge in [-0.2, -0.15) is 13.2 Å². The van der Waals surface area contributed by atoms with Crippen molar-refractivity contribution >= 4 is 16.3 Å². The van der Waals surface area contributed by atoms with E-state index in [1.54, 1.807) is 0 Å². The molecule has 0 amide bonds. The first kappa shape index (κ1) is 11.7. The van der Waals surface area contributed by atoms with Crippen LogP contribution in [0.5, 0.6) is 0 Å². The van der Waals surface area contributed by atoms with Gasteiger partial charge in [-0.05, 0) is 12.8 Å². The van der Waals surface area contributed by atoms with Gasteiger partial charge in [0.15, 0.2) is 5.01 Å². The number of aromatic nitrogens is 1. The molecular weight excluding hydrogens is 239 g/mol. The van der Waals surface area contributed by atoms with E-state index in [1.165, 1.54) is 6.20 Å². The largest absolute Gasteiger partial charge is 0.443 e. The van der Waals surface area contributed by atoms with E-state index in [0.717, 1.165) is 12.8 Å². The smallest absolute Gasteiger partial charge is 0.362 e. The number of piperidine rings is 1. The Balaban J connectivity index is 2.08. The van der Waals surface area contributed by atoms with Gasteiger partial charge in [0, 0.05) is 19.1 Å². The fraction of sp³-hybridized carbons (Fsp3) is 0.667. The topological polar surface area (TPSA) is 42.1 Å². The Morgan fingerprint density at radius 1 is 1.38 bits per heavy atom. The molecule has 0 aliphatic carbocycles. The summed E-state index contributed by atoms with van der Waals surface area (Å²) in [4.78, 5) is 5.32. The van der Waals surface area contributed by atoms with Crippen LogP contribution >= 0.6 is 11.3 Å². The summed E-state index contributed by atoms with van der Waals surface area (Å²) >= 11 is 0.697. The molecule has 2 N–H and O–H groups in total. The first-order chi connectivity index (χ1) is 7.47. The molecule has 90 valence electrons. The molecule has 16 heavy (non-hydrogen) atoms. The lowest BCUT2D eigenvalue weighted by atomic mass is 10.1. The first-order valence-corrected chi connectivity index (χ1v) is 5.82. The first-order valence-electron chi connectivity index (χ1n) is 5.00. The van der Waals surface area contributed by atoms with E-state index >= 15 is 0 Å². The zero-order valence-electron chi connectivity index (χ0n) is 8.50. The molecule has 1 aromatic heterocycles.